The summed E-state index contributed by atoms with van der Waals surface area (Å²) in [5.41, 5.74) is 31.4. The van der Waals surface area contributed by atoms with Crippen molar-refractivity contribution in [2.45, 2.75) is 131 Å². The summed E-state index contributed by atoms with van der Waals surface area (Å²) in [6, 6.07) is 111. The molecule has 18 aromatic rings. The normalized spacial score (nSPS) is 13.5. The van der Waals surface area contributed by atoms with Gasteiger partial charge < -0.3 is 15.2 Å². The summed E-state index contributed by atoms with van der Waals surface area (Å²) in [6.07, 6.45) is 0. The first-order valence-electron chi connectivity index (χ1n) is 44.0. The summed E-state index contributed by atoms with van der Waals surface area (Å²) in [6.45, 7) is 34.2. The van der Waals surface area contributed by atoms with Crippen molar-refractivity contribution in [2.75, 3.05) is 10.6 Å². The van der Waals surface area contributed by atoms with Crippen LogP contribution in [-0.2, 0) is 27.1 Å². The van der Waals surface area contributed by atoms with Gasteiger partial charge in [0.05, 0.1) is 22.2 Å². The number of hydrogen-bond acceptors (Lipinski definition) is 2. The Kier molecular flexibility index (Phi) is 16.2. The van der Waals surface area contributed by atoms with Crippen LogP contribution in [0.5, 0.6) is 0 Å². The second kappa shape index (κ2) is 27.4. The van der Waals surface area contributed by atoms with Crippen LogP contribution >= 0.6 is 0 Å². The standard InChI is InChI=1S/C114H100BN3/c1-110(2,3)77-54-55-104-96(66-77)91-44-24-25-53-103(91)118(104)82-67-101-107-102(68-82)117-109-98(106-94(89-47-28-38-71-34-18-22-42-85(71)89)51-31-52-95(106)90-48-29-39-72-35-19-23-43-86(72)90)61-76(74-58-80(113(10,11)12)65-81(59-74)114(13,14)15)63-100(109)115(107)99-62-75(73-56-78(111(4,5)6)64-79(57-73)112(7,8)9)60-97(108(99)116-101)105-92(87-45-26-36-69-32-16-20-40-83(69)87)49-30-50-93(105)88-46-27-37-70-33-17-21-41-84(70)88/h16-68,116-117H,1-15H3/i24D,25D,44D,53D. The van der Waals surface area contributed by atoms with Gasteiger partial charge >= 0.3 is 0 Å². The lowest BCUT2D eigenvalue weighted by Crippen LogP contribution is -2.59. The Morgan fingerprint density at radius 3 is 0.949 bits per heavy atom. The molecule has 1 aromatic heterocycles. The van der Waals surface area contributed by atoms with Crippen LogP contribution in [-0.4, -0.2) is 11.3 Å². The van der Waals surface area contributed by atoms with Crippen molar-refractivity contribution < 1.29 is 5.48 Å². The molecule has 118 heavy (non-hydrogen) atoms. The number of fused-ring (bicyclic) bond motifs is 11. The fourth-order valence-corrected chi connectivity index (χ4v) is 19.0. The maximum atomic E-state index is 10.2. The minimum absolute atomic E-state index is 0.0702. The smallest absolute Gasteiger partial charge is 0.252 e. The van der Waals surface area contributed by atoms with Gasteiger partial charge in [0.2, 0.25) is 0 Å². The third kappa shape index (κ3) is 12.6. The van der Waals surface area contributed by atoms with Gasteiger partial charge in [-0.3, -0.25) is 0 Å². The SMILES string of the molecule is [2H]c1c([2H])c([2H])c2c(c1[2H])c1cc(C(C)(C)C)ccc1n2-c1cc2c3c(c1)Nc1c(cc(-c4cc(C(C)(C)C)cc(C(C)(C)C)c4)cc1-c1c(-c4cccc5ccccc45)cccc1-c1cccc4ccccc14)B3c1cc(-c3cc(C(C)(C)C)cc(C(C)(C)C)c3)cc(-c3c(-c4cccc5ccccc45)cccc3-c3cccc4ccccc34)c1N2. The Morgan fingerprint density at radius 1 is 0.263 bits per heavy atom. The Labute approximate surface area is 701 Å². The van der Waals surface area contributed by atoms with E-state index < -0.39 is 6.71 Å². The van der Waals surface area contributed by atoms with Crippen LogP contribution in [0.1, 0.15) is 137 Å². The average Bonchev–Trinajstić information content (AvgIpc) is 1.14. The Hall–Kier alpha value is -12.8. The summed E-state index contributed by atoms with van der Waals surface area (Å²) >= 11 is 0. The van der Waals surface area contributed by atoms with Crippen molar-refractivity contribution in [2.24, 2.45) is 0 Å². The molecule has 0 saturated heterocycles. The maximum absolute atomic E-state index is 10.2. The van der Waals surface area contributed by atoms with E-state index >= 15 is 0 Å². The molecule has 17 aromatic carbocycles. The molecular weight excluding hydrogens is 1420 g/mol. The number of hydrogen-bond donors (Lipinski definition) is 2. The molecule has 2 aliphatic heterocycles. The van der Waals surface area contributed by atoms with E-state index in [4.69, 9.17) is 0 Å². The van der Waals surface area contributed by atoms with Gasteiger partial charge in [-0.25, -0.2) is 0 Å². The Bertz CT molecular complexity index is 6830. The first-order chi connectivity index (χ1) is 58.3. The van der Waals surface area contributed by atoms with E-state index in [9.17, 15) is 5.48 Å². The van der Waals surface area contributed by atoms with Crippen LogP contribution in [0.3, 0.4) is 0 Å². The second-order valence-corrected chi connectivity index (χ2v) is 38.3. The van der Waals surface area contributed by atoms with E-state index in [1.807, 2.05) is 0 Å². The van der Waals surface area contributed by atoms with Gasteiger partial charge in [0.1, 0.15) is 0 Å². The summed E-state index contributed by atoms with van der Waals surface area (Å²) in [5.74, 6) is 0. The van der Waals surface area contributed by atoms with Crippen LogP contribution in [0.25, 0.3) is 160 Å². The molecule has 0 bridgehead atoms. The minimum Gasteiger partial charge on any atom is -0.356 e. The minimum atomic E-state index is -0.499. The van der Waals surface area contributed by atoms with Gasteiger partial charge in [0, 0.05) is 44.6 Å². The number of anilines is 4. The van der Waals surface area contributed by atoms with Crippen molar-refractivity contribution in [3.8, 4) is 94.7 Å². The zero-order valence-corrected chi connectivity index (χ0v) is 70.3. The molecule has 0 amide bonds. The van der Waals surface area contributed by atoms with Crippen LogP contribution in [0.2, 0.25) is 0 Å². The van der Waals surface area contributed by atoms with E-state index in [0.717, 1.165) is 193 Å². The predicted octanol–water partition coefficient (Wildman–Crippen LogP) is 29.9. The molecule has 0 unspecified atom stereocenters. The number of rotatable bonds is 9. The molecule has 0 radical (unpaired) electrons. The van der Waals surface area contributed by atoms with Gasteiger partial charge in [0.25, 0.3) is 6.71 Å². The summed E-state index contributed by atoms with van der Waals surface area (Å²) in [7, 11) is 0. The van der Waals surface area contributed by atoms with E-state index in [2.05, 4.69) is 416 Å². The number of nitrogens with zero attached hydrogens (tertiary/aromatic N) is 1. The highest BCUT2D eigenvalue weighted by molar-refractivity contribution is 7.00. The zero-order valence-electron chi connectivity index (χ0n) is 74.3. The zero-order chi connectivity index (χ0) is 84.7. The van der Waals surface area contributed by atoms with Crippen LogP contribution in [0.15, 0.2) is 321 Å². The Morgan fingerprint density at radius 2 is 0.585 bits per heavy atom. The summed E-state index contributed by atoms with van der Waals surface area (Å²) < 4.78 is 41.2. The molecule has 3 nitrogen and oxygen atoms in total. The molecule has 2 N–H and O–H groups in total. The number of aromatic nitrogens is 1. The fraction of sp³-hybridized carbons (Fsp3) is 0.175. The lowest BCUT2D eigenvalue weighted by molar-refractivity contribution is 0.568. The first-order valence-corrected chi connectivity index (χ1v) is 42.0. The van der Waals surface area contributed by atoms with Crippen molar-refractivity contribution in [3.63, 3.8) is 0 Å². The molecule has 0 fully saturated rings. The quantitative estimate of drug-likeness (QED) is 0.141. The molecular formula is C114H100BN3. The third-order valence-corrected chi connectivity index (χ3v) is 25.4. The van der Waals surface area contributed by atoms with Crippen LogP contribution in [0, 0.1) is 0 Å². The predicted molar refractivity (Wildman–Crippen MR) is 512 cm³/mol. The van der Waals surface area contributed by atoms with Crippen molar-refractivity contribution in [3.05, 3.63) is 349 Å². The highest BCUT2D eigenvalue weighted by Crippen LogP contribution is 2.54. The lowest BCUT2D eigenvalue weighted by Gasteiger charge is -2.38. The molecule has 0 spiro atoms. The monoisotopic (exact) mass is 1530 g/mol. The van der Waals surface area contributed by atoms with E-state index in [1.165, 1.54) is 22.3 Å². The van der Waals surface area contributed by atoms with E-state index in [1.54, 1.807) is 0 Å². The molecule has 2 aliphatic rings. The summed E-state index contributed by atoms with van der Waals surface area (Å²) in [5, 5.41) is 19.4. The van der Waals surface area contributed by atoms with Crippen molar-refractivity contribution in [1.82, 2.24) is 4.57 Å². The van der Waals surface area contributed by atoms with Crippen molar-refractivity contribution in [1.29, 1.82) is 0 Å². The molecule has 20 rings (SSSR count). The van der Waals surface area contributed by atoms with E-state index in [0.29, 0.717) is 10.9 Å². The second-order valence-electron chi connectivity index (χ2n) is 38.3. The topological polar surface area (TPSA) is 29.0 Å². The largest absolute Gasteiger partial charge is 0.356 e. The van der Waals surface area contributed by atoms with Gasteiger partial charge in [0.15, 0.2) is 0 Å². The van der Waals surface area contributed by atoms with Gasteiger partial charge in [-0.1, -0.05) is 383 Å². The highest BCUT2D eigenvalue weighted by atomic mass is 15.0. The molecule has 3 heterocycles. The fourth-order valence-electron chi connectivity index (χ4n) is 19.0. The van der Waals surface area contributed by atoms with Crippen LogP contribution in [0.4, 0.5) is 22.7 Å². The first kappa shape index (κ1) is 69.5. The van der Waals surface area contributed by atoms with E-state index in [-0.39, 0.29) is 51.2 Å². The Balaban J connectivity index is 1.00. The van der Waals surface area contributed by atoms with Crippen LogP contribution < -0.4 is 27.0 Å². The lowest BCUT2D eigenvalue weighted by atomic mass is 9.33. The molecule has 0 aliphatic carbocycles. The third-order valence-electron chi connectivity index (χ3n) is 25.4. The molecule has 4 heteroatoms. The molecule has 574 valence electrons. The highest BCUT2D eigenvalue weighted by Gasteiger charge is 2.43. The maximum Gasteiger partial charge on any atom is 0.252 e. The number of nitrogens with one attached hydrogen (secondary N) is 2. The van der Waals surface area contributed by atoms with Crippen molar-refractivity contribution >= 4 is 111 Å². The molecule has 0 saturated carbocycles. The molecule has 0 atom stereocenters. The van der Waals surface area contributed by atoms with Gasteiger partial charge in [-0.15, -0.1) is 0 Å². The van der Waals surface area contributed by atoms with Gasteiger partial charge in [-0.05, 0) is 235 Å². The summed E-state index contributed by atoms with van der Waals surface area (Å²) in [4.78, 5) is 0. The van der Waals surface area contributed by atoms with Gasteiger partial charge in [-0.2, -0.15) is 0 Å². The average molecular weight is 1530 g/mol. The number of para-hydroxylation sites is 1. The number of benzene rings is 17.